The summed E-state index contributed by atoms with van der Waals surface area (Å²) in [5.41, 5.74) is 0.346. The quantitative estimate of drug-likeness (QED) is 0.791. The first-order valence-corrected chi connectivity index (χ1v) is 6.87. The second-order valence-corrected chi connectivity index (χ2v) is 5.02. The molecule has 1 aliphatic carbocycles. The number of hydrogen-bond donors (Lipinski definition) is 2. The van der Waals surface area contributed by atoms with Gasteiger partial charge < -0.3 is 24.6 Å². The average molecular weight is 295 g/mol. The van der Waals surface area contributed by atoms with Crippen LogP contribution < -0.4 is 19.5 Å². The molecule has 2 rings (SSSR count). The number of benzene rings is 1. The molecular formula is C15H21NO5. The van der Waals surface area contributed by atoms with Crippen LogP contribution in [-0.4, -0.2) is 45.0 Å². The number of rotatable bonds is 7. The summed E-state index contributed by atoms with van der Waals surface area (Å²) in [7, 11) is 4.50. The van der Waals surface area contributed by atoms with Crippen molar-refractivity contribution in [1.29, 1.82) is 0 Å². The van der Waals surface area contributed by atoms with Gasteiger partial charge in [-0.15, -0.1) is 0 Å². The Bertz CT molecular complexity index is 513. The minimum atomic E-state index is -0.486. The molecule has 2 N–H and O–H groups in total. The van der Waals surface area contributed by atoms with Crippen molar-refractivity contribution in [2.75, 3.05) is 27.9 Å². The number of carbonyl (C=O) groups is 1. The smallest absolute Gasteiger partial charge is 0.255 e. The van der Waals surface area contributed by atoms with E-state index < -0.39 is 6.10 Å². The molecule has 6 nitrogen and oxygen atoms in total. The summed E-state index contributed by atoms with van der Waals surface area (Å²) >= 11 is 0. The zero-order chi connectivity index (χ0) is 15.4. The van der Waals surface area contributed by atoms with E-state index in [2.05, 4.69) is 5.32 Å². The minimum absolute atomic E-state index is 0.237. The third kappa shape index (κ3) is 3.58. The predicted octanol–water partition coefficient (Wildman–Crippen LogP) is 1.21. The Labute approximate surface area is 124 Å². The predicted molar refractivity (Wildman–Crippen MR) is 77.2 cm³/mol. The average Bonchev–Trinajstić information content (AvgIpc) is 3.35. The minimum Gasteiger partial charge on any atom is -0.496 e. The normalized spacial score (nSPS) is 15.2. The number of methoxy groups -OCH3 is 3. The summed E-state index contributed by atoms with van der Waals surface area (Å²) in [4.78, 5) is 12.2. The monoisotopic (exact) mass is 295 g/mol. The first-order valence-electron chi connectivity index (χ1n) is 6.87. The van der Waals surface area contributed by atoms with Crippen LogP contribution in [0, 0.1) is 5.92 Å². The molecule has 0 saturated heterocycles. The van der Waals surface area contributed by atoms with Gasteiger partial charge in [-0.05, 0) is 18.8 Å². The van der Waals surface area contributed by atoms with E-state index in [9.17, 15) is 9.90 Å². The van der Waals surface area contributed by atoms with E-state index >= 15 is 0 Å². The first kappa shape index (κ1) is 15.4. The third-order valence-corrected chi connectivity index (χ3v) is 3.59. The highest BCUT2D eigenvalue weighted by Crippen LogP contribution is 2.35. The van der Waals surface area contributed by atoms with Crippen LogP contribution in [0.2, 0.25) is 0 Å². The number of nitrogens with one attached hydrogen (secondary N) is 1. The van der Waals surface area contributed by atoms with Crippen molar-refractivity contribution < 1.29 is 24.1 Å². The molecule has 1 aliphatic rings. The van der Waals surface area contributed by atoms with Gasteiger partial charge in [0.05, 0.1) is 33.0 Å². The molecule has 0 aromatic heterocycles. The Kier molecular flexibility index (Phi) is 4.90. The lowest BCUT2D eigenvalue weighted by Gasteiger charge is -2.15. The van der Waals surface area contributed by atoms with Gasteiger partial charge in [-0.1, -0.05) is 0 Å². The molecule has 0 bridgehead atoms. The van der Waals surface area contributed by atoms with Gasteiger partial charge in [-0.2, -0.15) is 0 Å². The number of aliphatic hydroxyl groups excluding tert-OH is 1. The lowest BCUT2D eigenvalue weighted by molar-refractivity contribution is 0.0897. The van der Waals surface area contributed by atoms with E-state index in [1.165, 1.54) is 21.3 Å². The molecule has 1 fully saturated rings. The Morgan fingerprint density at radius 2 is 1.76 bits per heavy atom. The zero-order valence-corrected chi connectivity index (χ0v) is 12.5. The molecule has 0 heterocycles. The summed E-state index contributed by atoms with van der Waals surface area (Å²) in [5.74, 6) is 1.34. The van der Waals surface area contributed by atoms with Crippen molar-refractivity contribution in [3.63, 3.8) is 0 Å². The van der Waals surface area contributed by atoms with Gasteiger partial charge in [0, 0.05) is 18.7 Å². The van der Waals surface area contributed by atoms with Crippen LogP contribution in [0.25, 0.3) is 0 Å². The van der Waals surface area contributed by atoms with Gasteiger partial charge in [0.25, 0.3) is 5.91 Å². The molecule has 0 spiro atoms. The summed E-state index contributed by atoms with van der Waals surface area (Å²) in [6, 6.07) is 3.17. The highest BCUT2D eigenvalue weighted by Gasteiger charge is 2.30. The van der Waals surface area contributed by atoms with Crippen molar-refractivity contribution in [3.05, 3.63) is 17.7 Å². The van der Waals surface area contributed by atoms with Crippen molar-refractivity contribution in [2.24, 2.45) is 5.92 Å². The molecule has 0 aliphatic heterocycles. The van der Waals surface area contributed by atoms with Crippen LogP contribution >= 0.6 is 0 Å². The maximum atomic E-state index is 12.2. The lowest BCUT2D eigenvalue weighted by atomic mass is 10.1. The molecule has 1 amide bonds. The van der Waals surface area contributed by atoms with E-state index in [1.807, 2.05) is 0 Å². The van der Waals surface area contributed by atoms with Crippen LogP contribution in [0.1, 0.15) is 23.2 Å². The number of aliphatic hydroxyl groups is 1. The highest BCUT2D eigenvalue weighted by atomic mass is 16.5. The Morgan fingerprint density at radius 3 is 2.29 bits per heavy atom. The zero-order valence-electron chi connectivity index (χ0n) is 12.5. The van der Waals surface area contributed by atoms with Gasteiger partial charge in [0.1, 0.15) is 5.75 Å². The fraction of sp³-hybridized carbons (Fsp3) is 0.533. The Morgan fingerprint density at radius 1 is 1.19 bits per heavy atom. The molecule has 21 heavy (non-hydrogen) atoms. The second kappa shape index (κ2) is 6.67. The maximum Gasteiger partial charge on any atom is 0.255 e. The second-order valence-electron chi connectivity index (χ2n) is 5.02. The molecular weight excluding hydrogens is 274 g/mol. The Hall–Kier alpha value is -1.95. The van der Waals surface area contributed by atoms with Crippen LogP contribution in [0.5, 0.6) is 17.2 Å². The summed E-state index contributed by atoms with van der Waals surface area (Å²) in [6.07, 6.45) is 1.56. The van der Waals surface area contributed by atoms with Crippen LogP contribution in [-0.2, 0) is 0 Å². The topological polar surface area (TPSA) is 77.0 Å². The molecule has 1 saturated carbocycles. The Balaban J connectivity index is 2.14. The van der Waals surface area contributed by atoms with Crippen molar-refractivity contribution in [2.45, 2.75) is 18.9 Å². The van der Waals surface area contributed by atoms with E-state index in [-0.39, 0.29) is 12.5 Å². The summed E-state index contributed by atoms with van der Waals surface area (Å²) < 4.78 is 15.6. The fourth-order valence-electron chi connectivity index (χ4n) is 2.15. The van der Waals surface area contributed by atoms with Crippen molar-refractivity contribution in [1.82, 2.24) is 5.32 Å². The molecule has 1 atom stereocenters. The number of ether oxygens (including phenoxy) is 3. The first-order chi connectivity index (χ1) is 10.1. The van der Waals surface area contributed by atoms with Gasteiger partial charge in [-0.3, -0.25) is 4.79 Å². The van der Waals surface area contributed by atoms with E-state index in [4.69, 9.17) is 14.2 Å². The highest BCUT2D eigenvalue weighted by molar-refractivity contribution is 5.97. The molecule has 1 aromatic carbocycles. The molecule has 0 radical (unpaired) electrons. The van der Waals surface area contributed by atoms with E-state index in [0.717, 1.165) is 12.8 Å². The SMILES string of the molecule is COc1cc(OC)c(C(=O)NCC(O)C2CC2)cc1OC. The van der Waals surface area contributed by atoms with Crippen LogP contribution in [0.3, 0.4) is 0 Å². The largest absolute Gasteiger partial charge is 0.496 e. The number of carbonyl (C=O) groups excluding carboxylic acids is 1. The lowest BCUT2D eigenvalue weighted by Crippen LogP contribution is -2.33. The van der Waals surface area contributed by atoms with Gasteiger partial charge >= 0.3 is 0 Å². The van der Waals surface area contributed by atoms with Gasteiger partial charge in [-0.25, -0.2) is 0 Å². The summed E-state index contributed by atoms with van der Waals surface area (Å²) in [6.45, 7) is 0.237. The maximum absolute atomic E-state index is 12.2. The standard InChI is InChI=1S/C15H21NO5/c1-19-12-7-14(21-3)13(20-2)6-10(12)15(18)16-8-11(17)9-4-5-9/h6-7,9,11,17H,4-5,8H2,1-3H3,(H,16,18). The third-order valence-electron chi connectivity index (χ3n) is 3.59. The molecule has 1 aromatic rings. The van der Waals surface area contributed by atoms with E-state index in [1.54, 1.807) is 12.1 Å². The number of amides is 1. The number of hydrogen-bond acceptors (Lipinski definition) is 5. The summed E-state index contributed by atoms with van der Waals surface area (Å²) in [5, 5.41) is 12.5. The van der Waals surface area contributed by atoms with Crippen molar-refractivity contribution >= 4 is 5.91 Å². The molecule has 116 valence electrons. The van der Waals surface area contributed by atoms with Gasteiger partial charge in [0.15, 0.2) is 11.5 Å². The van der Waals surface area contributed by atoms with E-state index in [0.29, 0.717) is 28.7 Å². The van der Waals surface area contributed by atoms with Crippen LogP contribution in [0.15, 0.2) is 12.1 Å². The molecule has 6 heteroatoms. The fourth-order valence-corrected chi connectivity index (χ4v) is 2.15. The van der Waals surface area contributed by atoms with Gasteiger partial charge in [0.2, 0.25) is 0 Å². The van der Waals surface area contributed by atoms with Crippen LogP contribution in [0.4, 0.5) is 0 Å². The van der Waals surface area contributed by atoms with Crippen molar-refractivity contribution in [3.8, 4) is 17.2 Å². The molecule has 1 unspecified atom stereocenters.